The zero-order chi connectivity index (χ0) is 15.5. The highest BCUT2D eigenvalue weighted by Crippen LogP contribution is 2.08. The lowest BCUT2D eigenvalue weighted by Crippen LogP contribution is -2.15. The van der Waals surface area contributed by atoms with E-state index in [1.165, 1.54) is 16.1 Å². The quantitative estimate of drug-likeness (QED) is 0.756. The number of rotatable bonds is 5. The number of H-pyrrole nitrogens is 1. The molecule has 2 heterocycles. The normalized spacial score (nSPS) is 11.0. The van der Waals surface area contributed by atoms with Crippen LogP contribution in [-0.4, -0.2) is 19.6 Å². The minimum absolute atomic E-state index is 0.144. The van der Waals surface area contributed by atoms with Crippen LogP contribution < -0.4 is 10.9 Å². The molecule has 2 aromatic heterocycles. The van der Waals surface area contributed by atoms with Gasteiger partial charge in [0.25, 0.3) is 11.3 Å². The van der Waals surface area contributed by atoms with Gasteiger partial charge in [0.15, 0.2) is 0 Å². The largest absolute Gasteiger partial charge is 0.351 e. The summed E-state index contributed by atoms with van der Waals surface area (Å²) < 4.78 is 1.35. The molecule has 114 valence electrons. The minimum Gasteiger partial charge on any atom is -0.351 e. The predicted molar refractivity (Wildman–Crippen MR) is 86.1 cm³/mol. The third kappa shape index (κ3) is 2.86. The molecule has 6 nitrogen and oxygen atoms in total. The van der Waals surface area contributed by atoms with Gasteiger partial charge in [0, 0.05) is 18.3 Å². The Balaban J connectivity index is 1.78. The monoisotopic (exact) mass is 297 g/mol. The van der Waals surface area contributed by atoms with Crippen LogP contribution in [0.5, 0.6) is 0 Å². The van der Waals surface area contributed by atoms with Gasteiger partial charge in [-0.25, -0.2) is 4.98 Å². The first-order valence-corrected chi connectivity index (χ1v) is 7.50. The summed E-state index contributed by atoms with van der Waals surface area (Å²) >= 11 is 0. The molecule has 0 aliphatic rings. The second kappa shape index (κ2) is 6.01. The highest BCUT2D eigenvalue weighted by atomic mass is 16.1. The molecular weight excluding hydrogens is 278 g/mol. The lowest BCUT2D eigenvalue weighted by atomic mass is 10.1. The number of hydrogen-bond donors (Lipinski definition) is 2. The number of aromatic nitrogens is 4. The van der Waals surface area contributed by atoms with Crippen molar-refractivity contribution < 1.29 is 0 Å². The SMILES string of the molecule is CCc1ccc(CNc2nc3nc(CC)cc(=O)n3[nH]2)cc1. The van der Waals surface area contributed by atoms with E-state index in [0.717, 1.165) is 17.7 Å². The van der Waals surface area contributed by atoms with Crippen LogP contribution in [0.15, 0.2) is 35.1 Å². The van der Waals surface area contributed by atoms with E-state index in [2.05, 4.69) is 51.6 Å². The van der Waals surface area contributed by atoms with Gasteiger partial charge in [0.2, 0.25) is 5.95 Å². The Kier molecular flexibility index (Phi) is 3.91. The van der Waals surface area contributed by atoms with E-state index in [4.69, 9.17) is 0 Å². The molecule has 0 spiro atoms. The van der Waals surface area contributed by atoms with Crippen molar-refractivity contribution in [1.29, 1.82) is 0 Å². The van der Waals surface area contributed by atoms with Gasteiger partial charge in [-0.3, -0.25) is 9.89 Å². The zero-order valence-electron chi connectivity index (χ0n) is 12.8. The topological polar surface area (TPSA) is 75.1 Å². The summed E-state index contributed by atoms with van der Waals surface area (Å²) in [5.41, 5.74) is 3.08. The lowest BCUT2D eigenvalue weighted by molar-refractivity contribution is 0.873. The number of hydrogen-bond acceptors (Lipinski definition) is 4. The summed E-state index contributed by atoms with van der Waals surface area (Å²) in [6.07, 6.45) is 1.75. The van der Waals surface area contributed by atoms with Crippen molar-refractivity contribution in [2.24, 2.45) is 0 Å². The number of nitrogens with zero attached hydrogens (tertiary/aromatic N) is 3. The highest BCUT2D eigenvalue weighted by Gasteiger charge is 2.07. The third-order valence-electron chi connectivity index (χ3n) is 3.64. The highest BCUT2D eigenvalue weighted by molar-refractivity contribution is 5.38. The summed E-state index contributed by atoms with van der Waals surface area (Å²) in [6, 6.07) is 9.95. The Morgan fingerprint density at radius 1 is 1.09 bits per heavy atom. The van der Waals surface area contributed by atoms with Gasteiger partial charge in [-0.15, -0.1) is 0 Å². The van der Waals surface area contributed by atoms with Crippen LogP contribution in [-0.2, 0) is 19.4 Å². The standard InChI is InChI=1S/C16H19N5O/c1-3-11-5-7-12(8-6-11)10-17-15-19-16-18-13(4-2)9-14(22)21(16)20-15/h5-9H,3-4,10H2,1-2H3,(H2,17,18,19,20). The Morgan fingerprint density at radius 3 is 2.50 bits per heavy atom. The molecule has 22 heavy (non-hydrogen) atoms. The number of benzene rings is 1. The fourth-order valence-electron chi connectivity index (χ4n) is 2.27. The van der Waals surface area contributed by atoms with Gasteiger partial charge in [-0.2, -0.15) is 9.50 Å². The first kappa shape index (κ1) is 14.3. The maximum Gasteiger partial charge on any atom is 0.274 e. The van der Waals surface area contributed by atoms with Gasteiger partial charge in [0.05, 0.1) is 0 Å². The van der Waals surface area contributed by atoms with Gasteiger partial charge in [0.1, 0.15) is 0 Å². The molecule has 0 aliphatic carbocycles. The second-order valence-corrected chi connectivity index (χ2v) is 5.17. The van der Waals surface area contributed by atoms with E-state index in [9.17, 15) is 4.79 Å². The average molecular weight is 297 g/mol. The Labute approximate surface area is 128 Å². The molecular formula is C16H19N5O. The van der Waals surface area contributed by atoms with Crippen molar-refractivity contribution in [3.05, 3.63) is 57.5 Å². The van der Waals surface area contributed by atoms with Gasteiger partial charge in [-0.1, -0.05) is 38.1 Å². The van der Waals surface area contributed by atoms with Crippen LogP contribution in [0.2, 0.25) is 0 Å². The Bertz CT molecular complexity index is 832. The molecule has 0 saturated heterocycles. The summed E-state index contributed by atoms with van der Waals surface area (Å²) in [5.74, 6) is 0.936. The van der Waals surface area contributed by atoms with Crippen LogP contribution in [0.3, 0.4) is 0 Å². The smallest absolute Gasteiger partial charge is 0.274 e. The molecule has 0 unspecified atom stereocenters. The summed E-state index contributed by atoms with van der Waals surface area (Å²) in [5, 5.41) is 6.11. The van der Waals surface area contributed by atoms with E-state index in [-0.39, 0.29) is 5.56 Å². The molecule has 3 aromatic rings. The number of fused-ring (bicyclic) bond motifs is 1. The molecule has 0 saturated carbocycles. The molecule has 0 radical (unpaired) electrons. The molecule has 0 fully saturated rings. The summed E-state index contributed by atoms with van der Waals surface area (Å²) in [7, 11) is 0. The van der Waals surface area contributed by atoms with Crippen molar-refractivity contribution in [1.82, 2.24) is 19.6 Å². The molecule has 0 bridgehead atoms. The second-order valence-electron chi connectivity index (χ2n) is 5.17. The fraction of sp³-hybridized carbons (Fsp3) is 0.312. The first-order chi connectivity index (χ1) is 10.7. The Morgan fingerprint density at radius 2 is 1.82 bits per heavy atom. The number of aryl methyl sites for hydroxylation is 2. The van der Waals surface area contributed by atoms with Gasteiger partial charge >= 0.3 is 0 Å². The van der Waals surface area contributed by atoms with Crippen LogP contribution >= 0.6 is 0 Å². The minimum atomic E-state index is -0.144. The molecule has 0 aliphatic heterocycles. The van der Waals surface area contributed by atoms with E-state index >= 15 is 0 Å². The third-order valence-corrected chi connectivity index (χ3v) is 3.64. The van der Waals surface area contributed by atoms with Gasteiger partial charge < -0.3 is 5.32 Å². The average Bonchev–Trinajstić information content (AvgIpc) is 2.97. The maximum atomic E-state index is 11.9. The lowest BCUT2D eigenvalue weighted by Gasteiger charge is -2.03. The van der Waals surface area contributed by atoms with E-state index in [0.29, 0.717) is 24.7 Å². The predicted octanol–water partition coefficient (Wildman–Crippen LogP) is 2.15. The van der Waals surface area contributed by atoms with Gasteiger partial charge in [-0.05, 0) is 24.0 Å². The van der Waals surface area contributed by atoms with Crippen molar-refractivity contribution in [2.75, 3.05) is 5.32 Å². The molecule has 3 rings (SSSR count). The van der Waals surface area contributed by atoms with Crippen LogP contribution in [0.4, 0.5) is 5.95 Å². The van der Waals surface area contributed by atoms with Crippen LogP contribution in [0.1, 0.15) is 30.7 Å². The van der Waals surface area contributed by atoms with Crippen molar-refractivity contribution in [3.8, 4) is 0 Å². The van der Waals surface area contributed by atoms with E-state index in [1.54, 1.807) is 0 Å². The molecule has 2 N–H and O–H groups in total. The van der Waals surface area contributed by atoms with Crippen LogP contribution in [0, 0.1) is 0 Å². The summed E-state index contributed by atoms with van der Waals surface area (Å²) in [4.78, 5) is 20.6. The maximum absolute atomic E-state index is 11.9. The van der Waals surface area contributed by atoms with Crippen molar-refractivity contribution >= 4 is 11.7 Å². The number of anilines is 1. The van der Waals surface area contributed by atoms with Crippen molar-refractivity contribution in [2.45, 2.75) is 33.2 Å². The Hall–Kier alpha value is -2.63. The number of nitrogens with one attached hydrogen (secondary N) is 2. The molecule has 1 aromatic carbocycles. The van der Waals surface area contributed by atoms with Crippen LogP contribution in [0.25, 0.3) is 5.78 Å². The van der Waals surface area contributed by atoms with E-state index < -0.39 is 0 Å². The fourth-order valence-corrected chi connectivity index (χ4v) is 2.27. The summed E-state index contributed by atoms with van der Waals surface area (Å²) in [6.45, 7) is 4.74. The first-order valence-electron chi connectivity index (χ1n) is 7.50. The molecule has 6 heteroatoms. The molecule has 0 atom stereocenters. The van der Waals surface area contributed by atoms with Crippen molar-refractivity contribution in [3.63, 3.8) is 0 Å². The molecule has 0 amide bonds. The van der Waals surface area contributed by atoms with E-state index in [1.807, 2.05) is 6.92 Å². The number of aromatic amines is 1. The zero-order valence-corrected chi connectivity index (χ0v) is 12.8.